The van der Waals surface area contributed by atoms with Gasteiger partial charge in [-0.3, -0.25) is 4.79 Å². The number of hydrogen-bond donors (Lipinski definition) is 1. The van der Waals surface area contributed by atoms with Crippen LogP contribution in [0.5, 0.6) is 11.5 Å². The highest BCUT2D eigenvalue weighted by molar-refractivity contribution is 6.35. The molecule has 2 aliphatic rings. The van der Waals surface area contributed by atoms with E-state index in [1.807, 2.05) is 24.3 Å². The molecule has 5 rings (SSSR count). The maximum Gasteiger partial charge on any atom is 0.281 e. The Morgan fingerprint density at radius 2 is 2.06 bits per heavy atom. The lowest BCUT2D eigenvalue weighted by atomic mass is 10.1. The molecular formula is C24H22Cl2N4O3. The van der Waals surface area contributed by atoms with Crippen molar-refractivity contribution in [1.29, 1.82) is 0 Å². The second-order valence-electron chi connectivity index (χ2n) is 8.28. The first-order valence-electron chi connectivity index (χ1n) is 10.7. The fourth-order valence-electron chi connectivity index (χ4n) is 3.83. The highest BCUT2D eigenvalue weighted by atomic mass is 35.5. The van der Waals surface area contributed by atoms with Crippen molar-refractivity contribution in [3.05, 3.63) is 85.8 Å². The molecular weight excluding hydrogens is 463 g/mol. The molecule has 1 atom stereocenters. The summed E-state index contributed by atoms with van der Waals surface area (Å²) in [6, 6.07) is 13.2. The van der Waals surface area contributed by atoms with Crippen molar-refractivity contribution in [3.63, 3.8) is 0 Å². The van der Waals surface area contributed by atoms with Crippen molar-refractivity contribution in [2.75, 3.05) is 6.61 Å². The lowest BCUT2D eigenvalue weighted by molar-refractivity contribution is 0.109. The summed E-state index contributed by atoms with van der Waals surface area (Å²) in [7, 11) is 1.58. The van der Waals surface area contributed by atoms with E-state index < -0.39 is 0 Å². The molecule has 7 nitrogen and oxygen atoms in total. The van der Waals surface area contributed by atoms with Gasteiger partial charge in [0.2, 0.25) is 0 Å². The molecule has 2 heterocycles. The van der Waals surface area contributed by atoms with Crippen LogP contribution >= 0.6 is 23.2 Å². The van der Waals surface area contributed by atoms with Gasteiger partial charge in [0.1, 0.15) is 17.9 Å². The van der Waals surface area contributed by atoms with Gasteiger partial charge in [0.25, 0.3) is 5.56 Å². The smallest absolute Gasteiger partial charge is 0.281 e. The molecule has 1 saturated carbocycles. The van der Waals surface area contributed by atoms with Crippen LogP contribution in [0.4, 0.5) is 0 Å². The Kier molecular flexibility index (Phi) is 6.00. The molecule has 3 aromatic rings. The summed E-state index contributed by atoms with van der Waals surface area (Å²) in [5, 5.41) is 12.7. The number of oxime groups is 1. The molecule has 1 N–H and O–H groups in total. The monoisotopic (exact) mass is 484 g/mol. The van der Waals surface area contributed by atoms with Crippen molar-refractivity contribution in [2.45, 2.75) is 31.2 Å². The minimum atomic E-state index is -0.342. The number of rotatable bonds is 6. The molecule has 1 aromatic heterocycles. The van der Waals surface area contributed by atoms with Crippen LogP contribution in [0.25, 0.3) is 0 Å². The Morgan fingerprint density at radius 1 is 1.21 bits per heavy atom. The number of hydrogen-bond acceptors (Lipinski definition) is 6. The highest BCUT2D eigenvalue weighted by Gasteiger charge is 2.27. The van der Waals surface area contributed by atoms with E-state index in [0.717, 1.165) is 5.56 Å². The van der Waals surface area contributed by atoms with Gasteiger partial charge in [-0.1, -0.05) is 46.6 Å². The van der Waals surface area contributed by atoms with E-state index >= 15 is 0 Å². The molecule has 1 aliphatic carbocycles. The van der Waals surface area contributed by atoms with Crippen molar-refractivity contribution in [1.82, 2.24) is 15.1 Å². The molecule has 0 bridgehead atoms. The second-order valence-corrected chi connectivity index (χ2v) is 9.12. The van der Waals surface area contributed by atoms with Crippen molar-refractivity contribution in [2.24, 2.45) is 12.2 Å². The molecule has 0 unspecified atom stereocenters. The summed E-state index contributed by atoms with van der Waals surface area (Å²) in [5.41, 5.74) is 2.07. The zero-order valence-corrected chi connectivity index (χ0v) is 19.4. The van der Waals surface area contributed by atoms with Crippen molar-refractivity contribution >= 4 is 29.0 Å². The number of nitrogens with zero attached hydrogens (tertiary/aromatic N) is 3. The fraction of sp³-hybridized carbons (Fsp3) is 0.292. The van der Waals surface area contributed by atoms with E-state index in [0.29, 0.717) is 46.3 Å². The molecule has 33 heavy (non-hydrogen) atoms. The summed E-state index contributed by atoms with van der Waals surface area (Å²) in [4.78, 5) is 18.5. The summed E-state index contributed by atoms with van der Waals surface area (Å²) >= 11 is 12.3. The number of ether oxygens (including phenoxy) is 1. The SMILES string of the molecule is Cn1ncc(Oc2cccc(C3CC3)c2)c(C2=NOC[C@H](Cc3ccc(Cl)cc3Cl)N2)c1=O. The normalized spacial score (nSPS) is 17.7. The quantitative estimate of drug-likeness (QED) is 0.550. The van der Waals surface area contributed by atoms with Crippen LogP contribution in [-0.4, -0.2) is 28.3 Å². The largest absolute Gasteiger partial charge is 0.455 e. The number of benzene rings is 2. The van der Waals surface area contributed by atoms with Gasteiger partial charge in [0, 0.05) is 17.1 Å². The molecule has 9 heteroatoms. The lowest BCUT2D eigenvalue weighted by Crippen LogP contribution is -2.46. The third kappa shape index (κ3) is 4.84. The van der Waals surface area contributed by atoms with Crippen LogP contribution in [0.3, 0.4) is 0 Å². The maximum atomic E-state index is 13.0. The molecule has 2 aromatic carbocycles. The van der Waals surface area contributed by atoms with Crippen LogP contribution in [-0.2, 0) is 18.3 Å². The standard InChI is InChI=1S/C24H22Cl2N4O3/c1-30-24(31)22(21(12-27-30)33-19-4-2-3-15(10-19)14-5-6-14)23-28-18(13-32-29-23)9-16-7-8-17(25)11-20(16)26/h2-4,7-8,10-12,14,18H,5-6,9,13H2,1H3,(H,28,29)/t18-/m0/s1. The number of aromatic nitrogens is 2. The number of halogens is 2. The molecule has 1 aliphatic heterocycles. The topological polar surface area (TPSA) is 77.7 Å². The van der Waals surface area contributed by atoms with Crippen LogP contribution in [0.15, 0.2) is 58.6 Å². The number of amidine groups is 1. The molecule has 1 fully saturated rings. The van der Waals surface area contributed by atoms with Crippen molar-refractivity contribution in [3.8, 4) is 11.5 Å². The zero-order chi connectivity index (χ0) is 22.9. The summed E-state index contributed by atoms with van der Waals surface area (Å²) in [6.07, 6.45) is 4.48. The lowest BCUT2D eigenvalue weighted by Gasteiger charge is -2.25. The average molecular weight is 485 g/mol. The Morgan fingerprint density at radius 3 is 2.85 bits per heavy atom. The van der Waals surface area contributed by atoms with E-state index in [1.165, 1.54) is 29.3 Å². The summed E-state index contributed by atoms with van der Waals surface area (Å²) in [6.45, 7) is 0.327. The van der Waals surface area contributed by atoms with Gasteiger partial charge in [-0.15, -0.1) is 0 Å². The summed E-state index contributed by atoms with van der Waals surface area (Å²) < 4.78 is 7.36. The van der Waals surface area contributed by atoms with E-state index in [1.54, 1.807) is 19.2 Å². The maximum absolute atomic E-state index is 13.0. The van der Waals surface area contributed by atoms with Gasteiger partial charge >= 0.3 is 0 Å². The first-order valence-corrected chi connectivity index (χ1v) is 11.5. The Bertz CT molecular complexity index is 1290. The van der Waals surface area contributed by atoms with E-state index in [2.05, 4.69) is 21.6 Å². The second kappa shape index (κ2) is 9.08. The Hall–Kier alpha value is -3.03. The first-order chi connectivity index (χ1) is 16.0. The first kappa shape index (κ1) is 21.8. The van der Waals surface area contributed by atoms with Gasteiger partial charge in [-0.05, 0) is 60.6 Å². The molecule has 170 valence electrons. The molecule has 0 spiro atoms. The van der Waals surface area contributed by atoms with Gasteiger partial charge in [0.05, 0.1) is 12.2 Å². The van der Waals surface area contributed by atoms with Gasteiger partial charge in [-0.2, -0.15) is 5.10 Å². The fourth-order valence-corrected chi connectivity index (χ4v) is 4.31. The third-order valence-corrected chi connectivity index (χ3v) is 6.31. The Balaban J connectivity index is 1.42. The van der Waals surface area contributed by atoms with E-state index in [9.17, 15) is 4.79 Å². The number of nitrogens with one attached hydrogen (secondary N) is 1. The number of aryl methyl sites for hydroxylation is 1. The molecule has 0 saturated heterocycles. The van der Waals surface area contributed by atoms with Gasteiger partial charge in [0.15, 0.2) is 11.6 Å². The van der Waals surface area contributed by atoms with Crippen LogP contribution in [0, 0.1) is 0 Å². The van der Waals surface area contributed by atoms with Crippen LogP contribution in [0.1, 0.15) is 35.4 Å². The minimum absolute atomic E-state index is 0.153. The molecule has 0 radical (unpaired) electrons. The summed E-state index contributed by atoms with van der Waals surface area (Å²) in [5.74, 6) is 1.85. The van der Waals surface area contributed by atoms with Gasteiger partial charge in [-0.25, -0.2) is 4.68 Å². The van der Waals surface area contributed by atoms with Gasteiger partial charge < -0.3 is 14.9 Å². The predicted octanol–water partition coefficient (Wildman–Crippen LogP) is 4.65. The average Bonchev–Trinajstić information content (AvgIpc) is 3.65. The minimum Gasteiger partial charge on any atom is -0.455 e. The molecule has 0 amide bonds. The highest BCUT2D eigenvalue weighted by Crippen LogP contribution is 2.41. The van der Waals surface area contributed by atoms with E-state index in [4.69, 9.17) is 32.8 Å². The van der Waals surface area contributed by atoms with Crippen molar-refractivity contribution < 1.29 is 9.57 Å². The third-order valence-electron chi connectivity index (χ3n) is 5.73. The van der Waals surface area contributed by atoms with E-state index in [-0.39, 0.29) is 17.2 Å². The Labute approximate surface area is 200 Å². The zero-order valence-electron chi connectivity index (χ0n) is 17.9. The predicted molar refractivity (Wildman–Crippen MR) is 128 cm³/mol. The van der Waals surface area contributed by atoms with Crippen LogP contribution in [0.2, 0.25) is 10.0 Å². The van der Waals surface area contributed by atoms with Crippen LogP contribution < -0.4 is 15.6 Å².